The molecule has 0 fully saturated rings. The molecule has 0 bridgehead atoms. The van der Waals surface area contributed by atoms with Gasteiger partial charge in [0.25, 0.3) is 5.91 Å². The van der Waals surface area contributed by atoms with Gasteiger partial charge in [-0.05, 0) is 49.2 Å². The van der Waals surface area contributed by atoms with Crippen molar-refractivity contribution in [3.8, 4) is 5.75 Å². The van der Waals surface area contributed by atoms with Crippen molar-refractivity contribution in [3.05, 3.63) is 90.0 Å². The van der Waals surface area contributed by atoms with Gasteiger partial charge in [0.15, 0.2) is 0 Å². The molecule has 6 nitrogen and oxygen atoms in total. The van der Waals surface area contributed by atoms with Gasteiger partial charge in [0.1, 0.15) is 5.75 Å². The van der Waals surface area contributed by atoms with Gasteiger partial charge in [0.2, 0.25) is 5.91 Å². The van der Waals surface area contributed by atoms with Gasteiger partial charge in [-0.1, -0.05) is 49.4 Å². The maximum Gasteiger partial charge on any atom is 0.251 e. The van der Waals surface area contributed by atoms with Crippen LogP contribution in [-0.2, 0) is 11.3 Å². The first-order chi connectivity index (χ1) is 15.5. The van der Waals surface area contributed by atoms with Gasteiger partial charge in [-0.2, -0.15) is 0 Å². The highest BCUT2D eigenvalue weighted by atomic mass is 16.5. The lowest BCUT2D eigenvalue weighted by Gasteiger charge is -2.14. The molecular formula is C26H29N3O3. The van der Waals surface area contributed by atoms with E-state index in [1.807, 2.05) is 61.5 Å². The second-order valence-electron chi connectivity index (χ2n) is 7.52. The third-order valence-electron chi connectivity index (χ3n) is 4.90. The van der Waals surface area contributed by atoms with E-state index in [1.165, 1.54) is 0 Å². The van der Waals surface area contributed by atoms with Gasteiger partial charge in [0.05, 0.1) is 12.6 Å². The summed E-state index contributed by atoms with van der Waals surface area (Å²) >= 11 is 0. The Kier molecular flexibility index (Phi) is 8.26. The molecule has 1 atom stereocenters. The van der Waals surface area contributed by atoms with Gasteiger partial charge in [0, 0.05) is 29.5 Å². The fraction of sp³-hybridized carbons (Fsp3) is 0.231. The number of hydrogen-bond donors (Lipinski definition) is 3. The van der Waals surface area contributed by atoms with Crippen molar-refractivity contribution in [3.63, 3.8) is 0 Å². The van der Waals surface area contributed by atoms with Crippen LogP contribution in [0.1, 0.15) is 36.2 Å². The molecule has 0 aromatic heterocycles. The van der Waals surface area contributed by atoms with Crippen LogP contribution in [0.5, 0.6) is 5.75 Å². The third-order valence-corrected chi connectivity index (χ3v) is 4.90. The van der Waals surface area contributed by atoms with E-state index in [2.05, 4.69) is 22.9 Å². The lowest BCUT2D eigenvalue weighted by molar-refractivity contribution is -0.114. The quantitative estimate of drug-likeness (QED) is 0.429. The summed E-state index contributed by atoms with van der Waals surface area (Å²) in [4.78, 5) is 24.8. The Balaban J connectivity index is 1.51. The Bertz CT molecular complexity index is 1040. The lowest BCUT2D eigenvalue weighted by atomic mass is 10.1. The van der Waals surface area contributed by atoms with E-state index in [9.17, 15) is 9.59 Å². The number of carbonyl (C=O) groups excluding carboxylic acids is 2. The summed E-state index contributed by atoms with van der Waals surface area (Å²) in [6.07, 6.45) is 1.05. The summed E-state index contributed by atoms with van der Waals surface area (Å²) in [6.45, 7) is 4.62. The zero-order valence-corrected chi connectivity index (χ0v) is 18.4. The first-order valence-corrected chi connectivity index (χ1v) is 10.8. The molecule has 0 aliphatic rings. The summed E-state index contributed by atoms with van der Waals surface area (Å²) in [5.41, 5.74) is 2.88. The van der Waals surface area contributed by atoms with E-state index in [-0.39, 0.29) is 24.5 Å². The summed E-state index contributed by atoms with van der Waals surface area (Å²) in [5, 5.41) is 8.81. The molecule has 1 unspecified atom stereocenters. The predicted molar refractivity (Wildman–Crippen MR) is 128 cm³/mol. The molecule has 0 aliphatic carbocycles. The van der Waals surface area contributed by atoms with Crippen molar-refractivity contribution in [1.29, 1.82) is 0 Å². The highest BCUT2D eigenvalue weighted by Gasteiger charge is 2.09. The number of carbonyl (C=O) groups is 2. The number of rotatable bonds is 10. The molecule has 3 N–H and O–H groups in total. The van der Waals surface area contributed by atoms with E-state index in [0.29, 0.717) is 17.8 Å². The molecule has 0 aliphatic heterocycles. The molecule has 3 rings (SSSR count). The monoisotopic (exact) mass is 431 g/mol. The number of hydrogen-bond acceptors (Lipinski definition) is 4. The summed E-state index contributed by atoms with van der Waals surface area (Å²) in [5.74, 6) is 0.361. The van der Waals surface area contributed by atoms with Crippen LogP contribution < -0.4 is 20.7 Å². The molecule has 0 spiro atoms. The third kappa shape index (κ3) is 7.16. The van der Waals surface area contributed by atoms with Crippen LogP contribution in [0.2, 0.25) is 0 Å². The number of anilines is 2. The van der Waals surface area contributed by atoms with E-state index >= 15 is 0 Å². The zero-order valence-electron chi connectivity index (χ0n) is 18.4. The molecule has 2 amide bonds. The van der Waals surface area contributed by atoms with Crippen LogP contribution >= 0.6 is 0 Å². The summed E-state index contributed by atoms with van der Waals surface area (Å²) in [7, 11) is 0. The molecule has 3 aromatic carbocycles. The topological polar surface area (TPSA) is 79.5 Å². The van der Waals surface area contributed by atoms with Crippen LogP contribution in [0.25, 0.3) is 0 Å². The van der Waals surface area contributed by atoms with Crippen molar-refractivity contribution < 1.29 is 14.3 Å². The number of benzene rings is 3. The highest BCUT2D eigenvalue weighted by Crippen LogP contribution is 2.19. The highest BCUT2D eigenvalue weighted by molar-refractivity contribution is 5.98. The van der Waals surface area contributed by atoms with Crippen molar-refractivity contribution in [2.45, 2.75) is 32.9 Å². The second kappa shape index (κ2) is 11.6. The maximum absolute atomic E-state index is 12.4. The summed E-state index contributed by atoms with van der Waals surface area (Å²) < 4.78 is 5.81. The van der Waals surface area contributed by atoms with Crippen LogP contribution in [-0.4, -0.2) is 24.5 Å². The van der Waals surface area contributed by atoms with Crippen molar-refractivity contribution in [2.24, 2.45) is 0 Å². The second-order valence-corrected chi connectivity index (χ2v) is 7.52. The van der Waals surface area contributed by atoms with E-state index in [4.69, 9.17) is 4.74 Å². The zero-order chi connectivity index (χ0) is 22.8. The SMILES string of the molecule is CCC(C)Oc1cccc(NCC(=O)Nc2cccc(C(=O)NCc3ccccc3)c2)c1. The van der Waals surface area contributed by atoms with Crippen LogP contribution in [0.4, 0.5) is 11.4 Å². The number of amides is 2. The summed E-state index contributed by atoms with van der Waals surface area (Å²) in [6, 6.07) is 24.1. The van der Waals surface area contributed by atoms with Crippen molar-refractivity contribution >= 4 is 23.2 Å². The molecule has 166 valence electrons. The van der Waals surface area contributed by atoms with Crippen molar-refractivity contribution in [2.75, 3.05) is 17.2 Å². The minimum atomic E-state index is -0.208. The molecule has 0 heterocycles. The standard InChI is InChI=1S/C26H29N3O3/c1-3-19(2)32-24-14-8-12-22(16-24)27-18-25(30)29-23-13-7-11-21(15-23)26(31)28-17-20-9-5-4-6-10-20/h4-16,19,27H,3,17-18H2,1-2H3,(H,28,31)(H,29,30). The number of nitrogens with one attached hydrogen (secondary N) is 3. The fourth-order valence-electron chi connectivity index (χ4n) is 3.00. The van der Waals surface area contributed by atoms with Gasteiger partial charge in [-0.25, -0.2) is 0 Å². The Morgan fingerprint density at radius 2 is 1.66 bits per heavy atom. The van der Waals surface area contributed by atoms with Crippen LogP contribution in [0, 0.1) is 0 Å². The molecule has 0 radical (unpaired) electrons. The average Bonchev–Trinajstić information content (AvgIpc) is 2.82. The maximum atomic E-state index is 12.4. The molecule has 6 heteroatoms. The minimum Gasteiger partial charge on any atom is -0.491 e. The Morgan fingerprint density at radius 1 is 0.906 bits per heavy atom. The molecule has 0 saturated carbocycles. The smallest absolute Gasteiger partial charge is 0.251 e. The molecule has 0 saturated heterocycles. The lowest BCUT2D eigenvalue weighted by Crippen LogP contribution is -2.24. The van der Waals surface area contributed by atoms with Gasteiger partial charge >= 0.3 is 0 Å². The van der Waals surface area contributed by atoms with E-state index < -0.39 is 0 Å². The first-order valence-electron chi connectivity index (χ1n) is 10.8. The first kappa shape index (κ1) is 22.9. The average molecular weight is 432 g/mol. The van der Waals surface area contributed by atoms with Gasteiger partial charge in [-0.3, -0.25) is 9.59 Å². The van der Waals surface area contributed by atoms with Crippen molar-refractivity contribution in [1.82, 2.24) is 5.32 Å². The molecular weight excluding hydrogens is 402 g/mol. The van der Waals surface area contributed by atoms with Gasteiger partial charge < -0.3 is 20.7 Å². The largest absolute Gasteiger partial charge is 0.491 e. The Labute approximate surface area is 189 Å². The molecule has 32 heavy (non-hydrogen) atoms. The van der Waals surface area contributed by atoms with E-state index in [0.717, 1.165) is 23.4 Å². The van der Waals surface area contributed by atoms with Crippen LogP contribution in [0.3, 0.4) is 0 Å². The fourth-order valence-corrected chi connectivity index (χ4v) is 3.00. The minimum absolute atomic E-state index is 0.0945. The Morgan fingerprint density at radius 3 is 2.44 bits per heavy atom. The number of ether oxygens (including phenoxy) is 1. The normalized spacial score (nSPS) is 11.3. The molecule has 3 aromatic rings. The van der Waals surface area contributed by atoms with E-state index in [1.54, 1.807) is 24.3 Å². The Hall–Kier alpha value is -3.80. The predicted octanol–water partition coefficient (Wildman–Crippen LogP) is 4.84. The van der Waals surface area contributed by atoms with Gasteiger partial charge in [-0.15, -0.1) is 0 Å². The van der Waals surface area contributed by atoms with Crippen LogP contribution in [0.15, 0.2) is 78.9 Å².